The molecule has 1 aromatic heterocycles. The van der Waals surface area contributed by atoms with Gasteiger partial charge in [-0.3, -0.25) is 14.9 Å². The molecule has 0 saturated carbocycles. The minimum atomic E-state index is -4.48. The van der Waals surface area contributed by atoms with E-state index >= 15 is 0 Å². The van der Waals surface area contributed by atoms with Crippen LogP contribution < -0.4 is 5.32 Å². The second-order valence-corrected chi connectivity index (χ2v) is 6.45. The molecule has 1 aliphatic rings. The summed E-state index contributed by atoms with van der Waals surface area (Å²) < 4.78 is 39.3. The Morgan fingerprint density at radius 1 is 1.38 bits per heavy atom. The standard InChI is InChI=1S/C17H19F3N4O2/c1-3-24-13-5-4-10(2)6-12(13)21-16(24)22-15(26)11-7-14(25)23(8-11)9-17(18,19)20/h4-6,11H,3,7-9H2,1-2H3,(H,21,22,26). The highest BCUT2D eigenvalue weighted by Crippen LogP contribution is 2.26. The van der Waals surface area contributed by atoms with Crippen molar-refractivity contribution in [2.24, 2.45) is 5.92 Å². The minimum Gasteiger partial charge on any atom is -0.333 e. The lowest BCUT2D eigenvalue weighted by Crippen LogP contribution is -2.36. The Morgan fingerprint density at radius 3 is 2.77 bits per heavy atom. The van der Waals surface area contributed by atoms with Crippen molar-refractivity contribution in [3.8, 4) is 0 Å². The number of nitrogens with zero attached hydrogens (tertiary/aromatic N) is 3. The zero-order valence-corrected chi connectivity index (χ0v) is 14.4. The van der Waals surface area contributed by atoms with Crippen LogP contribution in [0.15, 0.2) is 18.2 Å². The molecule has 2 amide bonds. The van der Waals surface area contributed by atoms with E-state index in [1.54, 1.807) is 0 Å². The van der Waals surface area contributed by atoms with Crippen LogP contribution in [-0.2, 0) is 16.1 Å². The fraction of sp³-hybridized carbons (Fsp3) is 0.471. The minimum absolute atomic E-state index is 0.229. The van der Waals surface area contributed by atoms with Crippen molar-refractivity contribution in [3.63, 3.8) is 0 Å². The van der Waals surface area contributed by atoms with Crippen molar-refractivity contribution in [2.45, 2.75) is 33.0 Å². The summed E-state index contributed by atoms with van der Waals surface area (Å²) in [6, 6.07) is 5.73. The lowest BCUT2D eigenvalue weighted by Gasteiger charge is -2.18. The van der Waals surface area contributed by atoms with Gasteiger partial charge in [-0.1, -0.05) is 6.07 Å². The third-order valence-corrected chi connectivity index (χ3v) is 4.41. The van der Waals surface area contributed by atoms with Crippen molar-refractivity contribution in [3.05, 3.63) is 23.8 Å². The lowest BCUT2D eigenvalue weighted by atomic mass is 10.1. The predicted molar refractivity (Wildman–Crippen MR) is 89.5 cm³/mol. The number of carbonyl (C=O) groups excluding carboxylic acids is 2. The van der Waals surface area contributed by atoms with Crippen LogP contribution in [0.2, 0.25) is 0 Å². The Balaban J connectivity index is 1.76. The molecule has 1 fully saturated rings. The molecule has 0 spiro atoms. The van der Waals surface area contributed by atoms with Gasteiger partial charge in [0, 0.05) is 19.5 Å². The fourth-order valence-corrected chi connectivity index (χ4v) is 3.18. The SMILES string of the molecule is CCn1c(NC(=O)C2CC(=O)N(CC(F)(F)F)C2)nc2cc(C)ccc21. The summed E-state index contributed by atoms with van der Waals surface area (Å²) in [5, 5.41) is 2.67. The maximum absolute atomic E-state index is 12.5. The van der Waals surface area contributed by atoms with Crippen molar-refractivity contribution >= 4 is 28.8 Å². The molecule has 1 saturated heterocycles. The second kappa shape index (κ2) is 6.62. The van der Waals surface area contributed by atoms with E-state index in [2.05, 4.69) is 10.3 Å². The van der Waals surface area contributed by atoms with Crippen LogP contribution in [0.25, 0.3) is 11.0 Å². The normalized spacial score (nSPS) is 18.0. The number of hydrogen-bond donors (Lipinski definition) is 1. The van der Waals surface area contributed by atoms with Crippen LogP contribution in [0.1, 0.15) is 18.9 Å². The number of benzene rings is 1. The number of hydrogen-bond acceptors (Lipinski definition) is 3. The molecule has 1 unspecified atom stereocenters. The summed E-state index contributed by atoms with van der Waals surface area (Å²) in [6.45, 7) is 2.83. The van der Waals surface area contributed by atoms with Gasteiger partial charge >= 0.3 is 6.18 Å². The second-order valence-electron chi connectivity index (χ2n) is 6.45. The molecule has 6 nitrogen and oxygen atoms in total. The number of alkyl halides is 3. The van der Waals surface area contributed by atoms with Crippen LogP contribution in [0.4, 0.5) is 19.1 Å². The number of imidazole rings is 1. The molecule has 1 aliphatic heterocycles. The zero-order valence-electron chi connectivity index (χ0n) is 14.4. The summed E-state index contributed by atoms with van der Waals surface area (Å²) in [7, 11) is 0. The van der Waals surface area contributed by atoms with Gasteiger partial charge in [-0.2, -0.15) is 13.2 Å². The Labute approximate surface area is 148 Å². The van der Waals surface area contributed by atoms with E-state index in [1.165, 1.54) is 0 Å². The van der Waals surface area contributed by atoms with Gasteiger partial charge in [-0.25, -0.2) is 4.98 Å². The molecular formula is C17H19F3N4O2. The molecule has 0 aliphatic carbocycles. The first-order chi connectivity index (χ1) is 12.2. The molecule has 1 N–H and O–H groups in total. The summed E-state index contributed by atoms with van der Waals surface area (Å²) >= 11 is 0. The van der Waals surface area contributed by atoms with E-state index in [-0.39, 0.29) is 13.0 Å². The molecule has 140 valence electrons. The molecular weight excluding hydrogens is 349 g/mol. The summed E-state index contributed by atoms with van der Waals surface area (Å²) in [5.41, 5.74) is 2.61. The number of aryl methyl sites for hydroxylation is 2. The maximum atomic E-state index is 12.5. The van der Waals surface area contributed by atoms with Gasteiger partial charge in [0.05, 0.1) is 17.0 Å². The Hall–Kier alpha value is -2.58. The van der Waals surface area contributed by atoms with E-state index in [0.717, 1.165) is 16.6 Å². The molecule has 2 heterocycles. The van der Waals surface area contributed by atoms with Crippen molar-refractivity contribution in [1.82, 2.24) is 14.5 Å². The van der Waals surface area contributed by atoms with E-state index < -0.39 is 30.5 Å². The highest BCUT2D eigenvalue weighted by molar-refractivity contribution is 5.97. The van der Waals surface area contributed by atoms with E-state index in [0.29, 0.717) is 17.4 Å². The van der Waals surface area contributed by atoms with Crippen LogP contribution in [-0.4, -0.2) is 45.5 Å². The van der Waals surface area contributed by atoms with Crippen LogP contribution in [0.3, 0.4) is 0 Å². The number of nitrogens with one attached hydrogen (secondary N) is 1. The fourth-order valence-electron chi connectivity index (χ4n) is 3.18. The maximum Gasteiger partial charge on any atom is 0.406 e. The third-order valence-electron chi connectivity index (χ3n) is 4.41. The number of carbonyl (C=O) groups is 2. The average Bonchev–Trinajstić information content (AvgIpc) is 3.05. The molecule has 3 rings (SSSR count). The van der Waals surface area contributed by atoms with Gasteiger partial charge in [0.2, 0.25) is 17.8 Å². The molecule has 2 aromatic rings. The van der Waals surface area contributed by atoms with Gasteiger partial charge in [-0.15, -0.1) is 0 Å². The Bertz CT molecular complexity index is 860. The highest BCUT2D eigenvalue weighted by atomic mass is 19.4. The summed E-state index contributed by atoms with van der Waals surface area (Å²) in [6.07, 6.45) is -4.71. The third kappa shape index (κ3) is 3.66. The van der Waals surface area contributed by atoms with Gasteiger partial charge in [0.1, 0.15) is 6.54 Å². The van der Waals surface area contributed by atoms with E-state index in [9.17, 15) is 22.8 Å². The summed E-state index contributed by atoms with van der Waals surface area (Å²) in [5.74, 6) is -1.65. The largest absolute Gasteiger partial charge is 0.406 e. The Kier molecular flexibility index (Phi) is 4.64. The van der Waals surface area contributed by atoms with Gasteiger partial charge in [0.25, 0.3) is 0 Å². The van der Waals surface area contributed by atoms with Crippen LogP contribution in [0.5, 0.6) is 0 Å². The van der Waals surface area contributed by atoms with Gasteiger partial charge < -0.3 is 9.47 Å². The Morgan fingerprint density at radius 2 is 2.12 bits per heavy atom. The smallest absolute Gasteiger partial charge is 0.333 e. The number of aromatic nitrogens is 2. The number of rotatable bonds is 4. The lowest BCUT2D eigenvalue weighted by molar-refractivity contribution is -0.157. The molecule has 1 atom stereocenters. The average molecular weight is 368 g/mol. The number of fused-ring (bicyclic) bond motifs is 1. The molecule has 1 aromatic carbocycles. The van der Waals surface area contributed by atoms with Gasteiger partial charge in [0.15, 0.2) is 0 Å². The summed E-state index contributed by atoms with van der Waals surface area (Å²) in [4.78, 5) is 29.3. The van der Waals surface area contributed by atoms with Crippen molar-refractivity contribution < 1.29 is 22.8 Å². The van der Waals surface area contributed by atoms with Crippen molar-refractivity contribution in [1.29, 1.82) is 0 Å². The quantitative estimate of drug-likeness (QED) is 0.902. The number of anilines is 1. The van der Waals surface area contributed by atoms with E-state index in [4.69, 9.17) is 0 Å². The number of likely N-dealkylation sites (tertiary alicyclic amines) is 1. The molecule has 26 heavy (non-hydrogen) atoms. The molecule has 9 heteroatoms. The van der Waals surface area contributed by atoms with Crippen molar-refractivity contribution in [2.75, 3.05) is 18.4 Å². The molecule has 0 bridgehead atoms. The first kappa shape index (κ1) is 18.2. The topological polar surface area (TPSA) is 67.2 Å². The first-order valence-corrected chi connectivity index (χ1v) is 8.30. The highest BCUT2D eigenvalue weighted by Gasteiger charge is 2.40. The first-order valence-electron chi connectivity index (χ1n) is 8.30. The predicted octanol–water partition coefficient (Wildman–Crippen LogP) is 2.71. The zero-order chi connectivity index (χ0) is 19.1. The van der Waals surface area contributed by atoms with Crippen LogP contribution >= 0.6 is 0 Å². The number of halogens is 3. The van der Waals surface area contributed by atoms with E-state index in [1.807, 2.05) is 36.6 Å². The molecule has 0 radical (unpaired) electrons. The monoisotopic (exact) mass is 368 g/mol. The number of amides is 2. The van der Waals surface area contributed by atoms with Crippen LogP contribution in [0, 0.1) is 12.8 Å². The van der Waals surface area contributed by atoms with Gasteiger partial charge in [-0.05, 0) is 31.5 Å².